The number of nitro groups is 1. The van der Waals surface area contributed by atoms with Crippen LogP contribution in [0.5, 0.6) is 0 Å². The van der Waals surface area contributed by atoms with Crippen molar-refractivity contribution in [3.8, 4) is 6.07 Å². The minimum absolute atomic E-state index is 0.0690. The van der Waals surface area contributed by atoms with Crippen molar-refractivity contribution in [1.82, 2.24) is 0 Å². The molecule has 112 valence electrons. The number of aliphatic hydroxyl groups excluding tert-OH is 1. The van der Waals surface area contributed by atoms with Crippen LogP contribution in [0.3, 0.4) is 0 Å². The molecule has 0 spiro atoms. The number of rotatable bonds is 4. The lowest BCUT2D eigenvalue weighted by Crippen LogP contribution is -2.45. The minimum atomic E-state index is -0.536. The van der Waals surface area contributed by atoms with Gasteiger partial charge in [0.1, 0.15) is 5.69 Å². The Morgan fingerprint density at radius 3 is 2.71 bits per heavy atom. The molecule has 1 aliphatic rings. The predicted octanol–water partition coefficient (Wildman–Crippen LogP) is 2.82. The minimum Gasteiger partial charge on any atom is -0.394 e. The van der Waals surface area contributed by atoms with Crippen LogP contribution in [0.2, 0.25) is 0 Å². The summed E-state index contributed by atoms with van der Waals surface area (Å²) in [5.41, 5.74) is 0.0641. The Morgan fingerprint density at radius 2 is 2.19 bits per heavy atom. The van der Waals surface area contributed by atoms with E-state index in [1.807, 2.05) is 6.07 Å². The molecule has 1 aromatic carbocycles. The Labute approximate surface area is 123 Å². The number of nitrogens with one attached hydrogen (secondary N) is 1. The van der Waals surface area contributed by atoms with Crippen molar-refractivity contribution in [2.75, 3.05) is 11.9 Å². The van der Waals surface area contributed by atoms with Crippen molar-refractivity contribution in [3.05, 3.63) is 33.9 Å². The van der Waals surface area contributed by atoms with E-state index in [4.69, 9.17) is 5.26 Å². The molecular weight excluding hydrogens is 270 g/mol. The van der Waals surface area contributed by atoms with Crippen LogP contribution in [0.15, 0.2) is 18.2 Å². The summed E-state index contributed by atoms with van der Waals surface area (Å²) in [6, 6.07) is 6.22. The molecule has 1 saturated carbocycles. The van der Waals surface area contributed by atoms with Crippen molar-refractivity contribution in [2.24, 2.45) is 5.92 Å². The van der Waals surface area contributed by atoms with E-state index < -0.39 is 10.5 Å². The highest BCUT2D eigenvalue weighted by Gasteiger charge is 2.35. The molecule has 0 radical (unpaired) electrons. The maximum absolute atomic E-state index is 11.1. The topological polar surface area (TPSA) is 99.2 Å². The zero-order valence-electron chi connectivity index (χ0n) is 12.0. The van der Waals surface area contributed by atoms with Gasteiger partial charge in [-0.3, -0.25) is 10.1 Å². The van der Waals surface area contributed by atoms with Gasteiger partial charge in [0, 0.05) is 6.07 Å². The molecule has 0 aromatic heterocycles. The third-order valence-electron chi connectivity index (χ3n) is 4.26. The maximum atomic E-state index is 11.1. The van der Waals surface area contributed by atoms with Gasteiger partial charge in [-0.25, -0.2) is 0 Å². The van der Waals surface area contributed by atoms with Gasteiger partial charge in [0.25, 0.3) is 5.69 Å². The van der Waals surface area contributed by atoms with Crippen LogP contribution >= 0.6 is 0 Å². The van der Waals surface area contributed by atoms with E-state index in [1.165, 1.54) is 18.2 Å². The average Bonchev–Trinajstić information content (AvgIpc) is 2.49. The Bertz CT molecular complexity index is 572. The molecular formula is C15H19N3O3. The maximum Gasteiger partial charge on any atom is 0.292 e. The average molecular weight is 289 g/mol. The monoisotopic (exact) mass is 289 g/mol. The van der Waals surface area contributed by atoms with Crippen LogP contribution in [0.1, 0.15) is 38.2 Å². The van der Waals surface area contributed by atoms with E-state index in [1.54, 1.807) is 0 Å². The summed E-state index contributed by atoms with van der Waals surface area (Å²) in [5.74, 6) is 0.604. The molecule has 6 nitrogen and oxygen atoms in total. The fraction of sp³-hybridized carbons (Fsp3) is 0.533. The lowest BCUT2D eigenvalue weighted by molar-refractivity contribution is -0.384. The molecule has 2 rings (SSSR count). The first kappa shape index (κ1) is 15.3. The van der Waals surface area contributed by atoms with Crippen molar-refractivity contribution < 1.29 is 10.0 Å². The molecule has 0 unspecified atom stereocenters. The molecule has 0 aliphatic heterocycles. The summed E-state index contributed by atoms with van der Waals surface area (Å²) in [5, 5.41) is 33.0. The Hall–Kier alpha value is -2.13. The number of aliphatic hydroxyl groups is 1. The number of hydrogen-bond donors (Lipinski definition) is 2. The summed E-state index contributed by atoms with van der Waals surface area (Å²) in [4.78, 5) is 10.7. The summed E-state index contributed by atoms with van der Waals surface area (Å²) in [7, 11) is 0. The highest BCUT2D eigenvalue weighted by molar-refractivity contribution is 5.65. The van der Waals surface area contributed by atoms with E-state index >= 15 is 0 Å². The zero-order chi connectivity index (χ0) is 15.5. The van der Waals surface area contributed by atoms with Crippen LogP contribution in [-0.4, -0.2) is 22.2 Å². The van der Waals surface area contributed by atoms with Crippen LogP contribution in [0.25, 0.3) is 0 Å². The van der Waals surface area contributed by atoms with Crippen molar-refractivity contribution in [2.45, 2.75) is 38.1 Å². The Balaban J connectivity index is 2.32. The standard InChI is InChI=1S/C15H19N3O3/c1-11-4-6-15(10-19,7-5-11)17-13-8-12(9-16)2-3-14(13)18(20)21/h2-3,8,11,17,19H,4-7,10H2,1H3. The second kappa shape index (κ2) is 6.10. The summed E-state index contributed by atoms with van der Waals surface area (Å²) >= 11 is 0. The van der Waals surface area contributed by atoms with E-state index in [2.05, 4.69) is 12.2 Å². The molecule has 21 heavy (non-hydrogen) atoms. The molecule has 1 aliphatic carbocycles. The largest absolute Gasteiger partial charge is 0.394 e. The number of hydrogen-bond acceptors (Lipinski definition) is 5. The van der Waals surface area contributed by atoms with Gasteiger partial charge in [-0.2, -0.15) is 5.26 Å². The van der Waals surface area contributed by atoms with Gasteiger partial charge in [-0.1, -0.05) is 6.92 Å². The third-order valence-corrected chi connectivity index (χ3v) is 4.26. The number of anilines is 1. The lowest BCUT2D eigenvalue weighted by Gasteiger charge is -2.39. The first-order valence-corrected chi connectivity index (χ1v) is 7.07. The van der Waals surface area contributed by atoms with Gasteiger partial charge < -0.3 is 10.4 Å². The number of benzene rings is 1. The Kier molecular flexibility index (Phi) is 4.43. The summed E-state index contributed by atoms with van der Waals surface area (Å²) in [6.45, 7) is 2.09. The first-order chi connectivity index (χ1) is 9.99. The molecule has 0 saturated heterocycles. The molecule has 0 amide bonds. The first-order valence-electron chi connectivity index (χ1n) is 7.07. The quantitative estimate of drug-likeness (QED) is 0.656. The van der Waals surface area contributed by atoms with E-state index in [0.29, 0.717) is 17.2 Å². The zero-order valence-corrected chi connectivity index (χ0v) is 12.0. The van der Waals surface area contributed by atoms with Gasteiger partial charge >= 0.3 is 0 Å². The predicted molar refractivity (Wildman–Crippen MR) is 78.9 cm³/mol. The van der Waals surface area contributed by atoms with E-state index in [-0.39, 0.29) is 12.3 Å². The highest BCUT2D eigenvalue weighted by atomic mass is 16.6. The van der Waals surface area contributed by atoms with Gasteiger partial charge in [-0.05, 0) is 43.7 Å². The SMILES string of the molecule is CC1CCC(CO)(Nc2cc(C#N)ccc2[N+](=O)[O-])CC1. The van der Waals surface area contributed by atoms with Gasteiger partial charge in [0.2, 0.25) is 0 Å². The van der Waals surface area contributed by atoms with Crippen LogP contribution in [0.4, 0.5) is 11.4 Å². The van der Waals surface area contributed by atoms with Gasteiger partial charge in [-0.15, -0.1) is 0 Å². The second-order valence-electron chi connectivity index (χ2n) is 5.85. The molecule has 1 fully saturated rings. The number of nitro benzene ring substituents is 1. The summed E-state index contributed by atoms with van der Waals surface area (Å²) in [6.07, 6.45) is 3.47. The Morgan fingerprint density at radius 1 is 1.52 bits per heavy atom. The van der Waals surface area contributed by atoms with Crippen molar-refractivity contribution in [3.63, 3.8) is 0 Å². The van der Waals surface area contributed by atoms with Crippen LogP contribution in [-0.2, 0) is 0 Å². The fourth-order valence-electron chi connectivity index (χ4n) is 2.79. The second-order valence-corrected chi connectivity index (χ2v) is 5.85. The van der Waals surface area contributed by atoms with E-state index in [0.717, 1.165) is 25.7 Å². The van der Waals surface area contributed by atoms with Crippen molar-refractivity contribution in [1.29, 1.82) is 5.26 Å². The fourth-order valence-corrected chi connectivity index (χ4v) is 2.79. The molecule has 1 aromatic rings. The summed E-state index contributed by atoms with van der Waals surface area (Å²) < 4.78 is 0. The normalized spacial score (nSPS) is 25.1. The molecule has 6 heteroatoms. The van der Waals surface area contributed by atoms with Gasteiger partial charge in [0.15, 0.2) is 0 Å². The smallest absolute Gasteiger partial charge is 0.292 e. The molecule has 0 atom stereocenters. The lowest BCUT2D eigenvalue weighted by atomic mass is 9.77. The van der Waals surface area contributed by atoms with Crippen LogP contribution in [0, 0.1) is 27.4 Å². The number of nitrogens with zero attached hydrogens (tertiary/aromatic N) is 2. The van der Waals surface area contributed by atoms with Gasteiger partial charge in [0.05, 0.1) is 28.7 Å². The third kappa shape index (κ3) is 3.31. The highest BCUT2D eigenvalue weighted by Crippen LogP contribution is 2.37. The molecule has 0 heterocycles. The van der Waals surface area contributed by atoms with Crippen molar-refractivity contribution >= 4 is 11.4 Å². The molecule has 2 N–H and O–H groups in total. The van der Waals surface area contributed by atoms with Crippen LogP contribution < -0.4 is 5.32 Å². The van der Waals surface area contributed by atoms with E-state index in [9.17, 15) is 15.2 Å². The number of nitriles is 1. The molecule has 0 bridgehead atoms.